The van der Waals surface area contributed by atoms with E-state index < -0.39 is 4.92 Å². The maximum absolute atomic E-state index is 11.3. The number of methoxy groups -OCH3 is 1. The Morgan fingerprint density at radius 3 is 2.75 bits per heavy atom. The maximum atomic E-state index is 11.3. The van der Waals surface area contributed by atoms with Crippen LogP contribution in [0.4, 0.5) is 11.4 Å². The van der Waals surface area contributed by atoms with Crippen molar-refractivity contribution in [1.82, 2.24) is 4.98 Å². The van der Waals surface area contributed by atoms with E-state index in [2.05, 4.69) is 10.3 Å². The number of aliphatic hydroxyl groups excluding tert-OH is 1. The molecular weight excluding hydrogens is 362 g/mol. The van der Waals surface area contributed by atoms with Gasteiger partial charge in [0, 0.05) is 35.6 Å². The minimum Gasteiger partial charge on any atom is -0.493 e. The number of hydrogen-bond donors (Lipinski definition) is 2. The van der Waals surface area contributed by atoms with Crippen molar-refractivity contribution >= 4 is 22.1 Å². The van der Waals surface area contributed by atoms with Crippen LogP contribution in [0.2, 0.25) is 0 Å². The molecule has 1 heterocycles. The van der Waals surface area contributed by atoms with Gasteiger partial charge in [0.1, 0.15) is 6.61 Å². The Labute approximate surface area is 161 Å². The number of pyridine rings is 1. The monoisotopic (exact) mass is 383 g/mol. The average molecular weight is 383 g/mol. The molecule has 0 spiro atoms. The number of anilines is 1. The third-order valence-electron chi connectivity index (χ3n) is 4.40. The van der Waals surface area contributed by atoms with E-state index in [4.69, 9.17) is 14.6 Å². The topological polar surface area (TPSA) is 107 Å². The fourth-order valence-corrected chi connectivity index (χ4v) is 3.01. The van der Waals surface area contributed by atoms with E-state index in [1.807, 2.05) is 19.1 Å². The van der Waals surface area contributed by atoms with Gasteiger partial charge < -0.3 is 19.9 Å². The van der Waals surface area contributed by atoms with Crippen LogP contribution in [0.25, 0.3) is 10.8 Å². The van der Waals surface area contributed by atoms with Gasteiger partial charge in [0.05, 0.1) is 24.0 Å². The summed E-state index contributed by atoms with van der Waals surface area (Å²) in [5.41, 5.74) is 1.75. The van der Waals surface area contributed by atoms with Gasteiger partial charge in [-0.3, -0.25) is 15.1 Å². The summed E-state index contributed by atoms with van der Waals surface area (Å²) in [7, 11) is 1.56. The van der Waals surface area contributed by atoms with Crippen LogP contribution in [0.3, 0.4) is 0 Å². The summed E-state index contributed by atoms with van der Waals surface area (Å²) < 4.78 is 10.8. The van der Waals surface area contributed by atoms with E-state index in [0.717, 1.165) is 16.6 Å². The molecule has 0 aliphatic rings. The van der Waals surface area contributed by atoms with Gasteiger partial charge in [-0.25, -0.2) is 0 Å². The van der Waals surface area contributed by atoms with Crippen molar-refractivity contribution < 1.29 is 19.5 Å². The molecular formula is C20H21N3O5. The summed E-state index contributed by atoms with van der Waals surface area (Å²) in [4.78, 5) is 14.9. The molecule has 0 saturated heterocycles. The second-order valence-corrected chi connectivity index (χ2v) is 6.16. The van der Waals surface area contributed by atoms with Gasteiger partial charge in [-0.15, -0.1) is 0 Å². The molecule has 0 saturated carbocycles. The SMILES string of the molecule is COc1cc(C(C)Nc2ccc([N+](=O)[O-])c3cnccc23)ccc1OCCO. The molecule has 2 aromatic carbocycles. The molecule has 0 fully saturated rings. The van der Waals surface area contributed by atoms with E-state index in [9.17, 15) is 10.1 Å². The molecule has 8 nitrogen and oxygen atoms in total. The molecule has 146 valence electrons. The first-order valence-corrected chi connectivity index (χ1v) is 8.74. The number of nitrogens with one attached hydrogen (secondary N) is 1. The first kappa shape index (κ1) is 19.4. The molecule has 0 bridgehead atoms. The number of ether oxygens (including phenoxy) is 2. The van der Waals surface area contributed by atoms with E-state index in [-0.39, 0.29) is 24.9 Å². The van der Waals surface area contributed by atoms with Crippen molar-refractivity contribution in [2.45, 2.75) is 13.0 Å². The molecule has 1 atom stereocenters. The largest absolute Gasteiger partial charge is 0.493 e. The lowest BCUT2D eigenvalue weighted by atomic mass is 10.1. The molecule has 0 aliphatic heterocycles. The van der Waals surface area contributed by atoms with Gasteiger partial charge in [-0.1, -0.05) is 6.07 Å². The summed E-state index contributed by atoms with van der Waals surface area (Å²) >= 11 is 0. The van der Waals surface area contributed by atoms with Crippen molar-refractivity contribution in [3.8, 4) is 11.5 Å². The number of rotatable bonds is 8. The van der Waals surface area contributed by atoms with Crippen molar-refractivity contribution in [3.05, 3.63) is 64.5 Å². The van der Waals surface area contributed by atoms with Crippen LogP contribution in [0, 0.1) is 10.1 Å². The number of aromatic nitrogens is 1. The summed E-state index contributed by atoms with van der Waals surface area (Å²) in [5.74, 6) is 1.12. The fourth-order valence-electron chi connectivity index (χ4n) is 3.01. The van der Waals surface area contributed by atoms with E-state index in [1.54, 1.807) is 31.5 Å². The molecule has 2 N–H and O–H groups in total. The molecule has 8 heteroatoms. The van der Waals surface area contributed by atoms with Gasteiger partial charge >= 0.3 is 0 Å². The zero-order valence-electron chi connectivity index (χ0n) is 15.6. The van der Waals surface area contributed by atoms with Crippen LogP contribution in [0.15, 0.2) is 48.8 Å². The molecule has 3 aromatic rings. The van der Waals surface area contributed by atoms with Crippen LogP contribution >= 0.6 is 0 Å². The summed E-state index contributed by atoms with van der Waals surface area (Å²) in [5, 5.41) is 24.8. The molecule has 1 aromatic heterocycles. The third kappa shape index (κ3) is 3.96. The second kappa shape index (κ2) is 8.53. The van der Waals surface area contributed by atoms with Crippen molar-refractivity contribution in [2.75, 3.05) is 25.6 Å². The number of hydrogen-bond acceptors (Lipinski definition) is 7. The highest BCUT2D eigenvalue weighted by atomic mass is 16.6. The number of benzene rings is 2. The lowest BCUT2D eigenvalue weighted by Gasteiger charge is -2.19. The summed E-state index contributed by atoms with van der Waals surface area (Å²) in [6.45, 7) is 2.09. The molecule has 3 rings (SSSR count). The highest BCUT2D eigenvalue weighted by Crippen LogP contribution is 2.35. The Morgan fingerprint density at radius 1 is 1.21 bits per heavy atom. The predicted octanol–water partition coefficient (Wildman–Crippen LogP) is 3.70. The standard InChI is InChI=1S/C20H21N3O5/c1-13(14-3-6-19(28-10-9-24)20(11-14)27-2)22-17-4-5-18(23(25)26)16-12-21-8-7-15(16)17/h3-8,11-13,22,24H,9-10H2,1-2H3. The minimum atomic E-state index is -0.410. The lowest BCUT2D eigenvalue weighted by molar-refractivity contribution is -0.383. The zero-order chi connectivity index (χ0) is 20.1. The highest BCUT2D eigenvalue weighted by molar-refractivity contribution is 5.99. The molecule has 28 heavy (non-hydrogen) atoms. The van der Waals surface area contributed by atoms with Crippen molar-refractivity contribution in [1.29, 1.82) is 0 Å². The zero-order valence-corrected chi connectivity index (χ0v) is 15.6. The van der Waals surface area contributed by atoms with E-state index in [0.29, 0.717) is 16.9 Å². The van der Waals surface area contributed by atoms with Gasteiger partial charge in [-0.05, 0) is 36.8 Å². The fraction of sp³-hybridized carbons (Fsp3) is 0.250. The number of non-ortho nitro benzene ring substituents is 1. The minimum absolute atomic E-state index is 0.0216. The Kier molecular flexibility index (Phi) is 5.90. The Balaban J connectivity index is 1.90. The maximum Gasteiger partial charge on any atom is 0.278 e. The third-order valence-corrected chi connectivity index (χ3v) is 4.40. The molecule has 0 radical (unpaired) electrons. The number of fused-ring (bicyclic) bond motifs is 1. The summed E-state index contributed by atoms with van der Waals surface area (Å²) in [6.07, 6.45) is 3.11. The van der Waals surface area contributed by atoms with Crippen LogP contribution < -0.4 is 14.8 Å². The van der Waals surface area contributed by atoms with Crippen molar-refractivity contribution in [3.63, 3.8) is 0 Å². The Hall–Kier alpha value is -3.39. The number of aliphatic hydroxyl groups is 1. The van der Waals surface area contributed by atoms with Gasteiger partial charge in [-0.2, -0.15) is 0 Å². The predicted molar refractivity (Wildman–Crippen MR) is 106 cm³/mol. The van der Waals surface area contributed by atoms with Crippen LogP contribution in [0.5, 0.6) is 11.5 Å². The number of nitro groups is 1. The van der Waals surface area contributed by atoms with Crippen LogP contribution in [-0.4, -0.2) is 35.3 Å². The second-order valence-electron chi connectivity index (χ2n) is 6.16. The molecule has 1 unspecified atom stereocenters. The quantitative estimate of drug-likeness (QED) is 0.451. The summed E-state index contributed by atoms with van der Waals surface area (Å²) in [6, 6.07) is 10.4. The molecule has 0 amide bonds. The van der Waals surface area contributed by atoms with Gasteiger partial charge in [0.15, 0.2) is 11.5 Å². The smallest absolute Gasteiger partial charge is 0.278 e. The average Bonchev–Trinajstić information content (AvgIpc) is 2.72. The first-order valence-electron chi connectivity index (χ1n) is 8.74. The van der Waals surface area contributed by atoms with Gasteiger partial charge in [0.2, 0.25) is 0 Å². The van der Waals surface area contributed by atoms with E-state index in [1.165, 1.54) is 12.3 Å². The Bertz CT molecular complexity index is 993. The Morgan fingerprint density at radius 2 is 2.04 bits per heavy atom. The first-order chi connectivity index (χ1) is 13.5. The van der Waals surface area contributed by atoms with Crippen molar-refractivity contribution in [2.24, 2.45) is 0 Å². The highest BCUT2D eigenvalue weighted by Gasteiger charge is 2.16. The van der Waals surface area contributed by atoms with Gasteiger partial charge in [0.25, 0.3) is 5.69 Å². The molecule has 0 aliphatic carbocycles. The lowest BCUT2D eigenvalue weighted by Crippen LogP contribution is -2.08. The van der Waals surface area contributed by atoms with Crippen LogP contribution in [0.1, 0.15) is 18.5 Å². The normalized spacial score (nSPS) is 11.8. The van der Waals surface area contributed by atoms with Crippen LogP contribution in [-0.2, 0) is 0 Å². The van der Waals surface area contributed by atoms with E-state index >= 15 is 0 Å². The number of nitrogens with zero attached hydrogens (tertiary/aromatic N) is 2. The number of nitro benzene ring substituents is 1.